The fourth-order valence-corrected chi connectivity index (χ4v) is 0.584. The zero-order valence-corrected chi connectivity index (χ0v) is 7.17. The summed E-state index contributed by atoms with van der Waals surface area (Å²) in [4.78, 5) is 0. The van der Waals surface area contributed by atoms with E-state index in [1.165, 1.54) is 0 Å². The van der Waals surface area contributed by atoms with Crippen molar-refractivity contribution >= 4 is 0 Å². The molecule has 0 aromatic rings. The molecule has 0 aliphatic rings. The minimum Gasteiger partial charge on any atom is -0.355 e. The average molecular weight is 161 g/mol. The Morgan fingerprint density at radius 2 is 1.73 bits per heavy atom. The van der Waals surface area contributed by atoms with Crippen molar-refractivity contribution in [1.29, 1.82) is 0 Å². The molecule has 0 saturated heterocycles. The number of rotatable bonds is 8. The molecule has 11 heavy (non-hydrogen) atoms. The van der Waals surface area contributed by atoms with Gasteiger partial charge in [-0.1, -0.05) is 13.3 Å². The van der Waals surface area contributed by atoms with Gasteiger partial charge in [0.25, 0.3) is 0 Å². The van der Waals surface area contributed by atoms with Crippen LogP contribution in [0, 0.1) is 0 Å². The van der Waals surface area contributed by atoms with Crippen molar-refractivity contribution in [3.63, 3.8) is 0 Å². The van der Waals surface area contributed by atoms with E-state index in [-0.39, 0.29) is 6.61 Å². The van der Waals surface area contributed by atoms with Gasteiger partial charge in [0, 0.05) is 6.61 Å². The van der Waals surface area contributed by atoms with E-state index in [9.17, 15) is 5.11 Å². The molecule has 0 unspecified atom stereocenters. The smallest absolute Gasteiger partial charge is 0.146 e. The van der Waals surface area contributed by atoms with Crippen molar-refractivity contribution in [2.45, 2.75) is 26.2 Å². The highest BCUT2D eigenvalue weighted by Gasteiger charge is 1.87. The van der Waals surface area contributed by atoms with Crippen LogP contribution in [0.25, 0.3) is 0 Å². The second-order valence-electron chi connectivity index (χ2n) is 2.35. The highest BCUT2D eigenvalue weighted by Crippen LogP contribution is 1.88. The first-order valence-corrected chi connectivity index (χ1v) is 4.15. The molecule has 0 heterocycles. The van der Waals surface area contributed by atoms with E-state index >= 15 is 0 Å². The molecule has 0 spiro atoms. The lowest BCUT2D eigenvalue weighted by Crippen LogP contribution is -2.03. The lowest BCUT2D eigenvalue weighted by atomic mass is 10.4. The molecule has 0 aromatic heterocycles. The van der Waals surface area contributed by atoms with Crippen molar-refractivity contribution in [3.8, 4) is 0 Å². The van der Waals surface area contributed by atoms with Gasteiger partial charge in [0.1, 0.15) is 6.79 Å². The first-order chi connectivity index (χ1) is 5.41. The van der Waals surface area contributed by atoms with Crippen LogP contribution in [-0.4, -0.2) is 26.6 Å². The fourth-order valence-electron chi connectivity index (χ4n) is 0.584. The Bertz CT molecular complexity index is 58.4. The van der Waals surface area contributed by atoms with E-state index in [1.54, 1.807) is 0 Å². The molecular weight excluding hydrogens is 144 g/mol. The number of hydrogen-bond donors (Lipinski definition) is 0. The molecule has 0 aliphatic carbocycles. The molecule has 0 N–H and O–H groups in total. The van der Waals surface area contributed by atoms with Gasteiger partial charge in [-0.3, -0.25) is 0 Å². The second kappa shape index (κ2) is 9.88. The molecule has 0 bridgehead atoms. The molecule has 0 amide bonds. The predicted molar refractivity (Wildman–Crippen MR) is 41.8 cm³/mol. The summed E-state index contributed by atoms with van der Waals surface area (Å²) >= 11 is 0. The van der Waals surface area contributed by atoms with Gasteiger partial charge >= 0.3 is 0 Å². The van der Waals surface area contributed by atoms with Crippen molar-refractivity contribution < 1.29 is 14.6 Å². The minimum atomic E-state index is -0.0606. The Morgan fingerprint density at radius 3 is 2.27 bits per heavy atom. The highest BCUT2D eigenvalue weighted by atomic mass is 16.7. The number of hydrogen-bond acceptors (Lipinski definition) is 2. The summed E-state index contributed by atoms with van der Waals surface area (Å²) in [5, 5.41) is 9.94. The molecule has 0 atom stereocenters. The Labute approximate surface area is 68.3 Å². The van der Waals surface area contributed by atoms with Crippen LogP contribution in [0.3, 0.4) is 0 Å². The fraction of sp³-hybridized carbons (Fsp3) is 1.00. The van der Waals surface area contributed by atoms with Crippen LogP contribution < -0.4 is 0 Å². The quantitative estimate of drug-likeness (QED) is 0.400. The van der Waals surface area contributed by atoms with Gasteiger partial charge in [-0.05, 0) is 12.8 Å². The van der Waals surface area contributed by atoms with Gasteiger partial charge in [-0.15, -0.1) is 0 Å². The van der Waals surface area contributed by atoms with E-state index < -0.39 is 0 Å². The van der Waals surface area contributed by atoms with Gasteiger partial charge < -0.3 is 9.47 Å². The Kier molecular flexibility index (Phi) is 9.77. The topological polar surface area (TPSA) is 38.4 Å². The minimum absolute atomic E-state index is 0.0606. The largest absolute Gasteiger partial charge is 0.355 e. The predicted octanol–water partition coefficient (Wildman–Crippen LogP) is 1.60. The van der Waals surface area contributed by atoms with E-state index in [4.69, 9.17) is 9.47 Å². The average Bonchev–Trinajstić information content (AvgIpc) is 2.03. The van der Waals surface area contributed by atoms with Crippen molar-refractivity contribution in [1.82, 2.24) is 0 Å². The third kappa shape index (κ3) is 9.88. The third-order valence-electron chi connectivity index (χ3n) is 1.24. The maximum atomic E-state index is 9.94. The molecule has 3 heteroatoms. The molecule has 0 aromatic carbocycles. The van der Waals surface area contributed by atoms with E-state index in [1.807, 2.05) is 0 Å². The van der Waals surface area contributed by atoms with Crippen LogP contribution in [-0.2, 0) is 14.6 Å². The first-order valence-electron chi connectivity index (χ1n) is 4.15. The van der Waals surface area contributed by atoms with Crippen LogP contribution in [0.4, 0.5) is 0 Å². The van der Waals surface area contributed by atoms with E-state index in [0.29, 0.717) is 19.8 Å². The van der Waals surface area contributed by atoms with Crippen molar-refractivity contribution in [3.05, 3.63) is 0 Å². The molecule has 0 aliphatic heterocycles. The zero-order chi connectivity index (χ0) is 8.36. The zero-order valence-electron chi connectivity index (χ0n) is 7.17. The SMILES string of the molecule is CCCCOCOCCC[O]. The molecule has 1 radical (unpaired) electrons. The van der Waals surface area contributed by atoms with Gasteiger partial charge in [-0.25, -0.2) is 5.11 Å². The number of ether oxygens (including phenoxy) is 2. The monoisotopic (exact) mass is 161 g/mol. The maximum Gasteiger partial charge on any atom is 0.146 e. The Balaban J connectivity index is 2.69. The van der Waals surface area contributed by atoms with Crippen LogP contribution >= 0.6 is 0 Å². The summed E-state index contributed by atoms with van der Waals surface area (Å²) in [6, 6.07) is 0. The van der Waals surface area contributed by atoms with Gasteiger partial charge in [0.15, 0.2) is 0 Å². The van der Waals surface area contributed by atoms with Crippen LogP contribution in [0.1, 0.15) is 26.2 Å². The maximum absolute atomic E-state index is 9.94. The van der Waals surface area contributed by atoms with Crippen LogP contribution in [0.15, 0.2) is 0 Å². The lowest BCUT2D eigenvalue weighted by molar-refractivity contribution is -0.0584. The summed E-state index contributed by atoms with van der Waals surface area (Å²) in [5.74, 6) is 0. The van der Waals surface area contributed by atoms with Gasteiger partial charge in [0.2, 0.25) is 0 Å². The van der Waals surface area contributed by atoms with Crippen LogP contribution in [0.2, 0.25) is 0 Å². The Hall–Kier alpha value is -0.120. The summed E-state index contributed by atoms with van der Waals surface area (Å²) < 4.78 is 10.1. The third-order valence-corrected chi connectivity index (χ3v) is 1.24. The van der Waals surface area contributed by atoms with Gasteiger partial charge in [-0.2, -0.15) is 0 Å². The summed E-state index contributed by atoms with van der Waals surface area (Å²) in [7, 11) is 0. The molecular formula is C8H17O3. The number of unbranched alkanes of at least 4 members (excludes halogenated alkanes) is 1. The van der Waals surface area contributed by atoms with Crippen LogP contribution in [0.5, 0.6) is 0 Å². The van der Waals surface area contributed by atoms with E-state index in [0.717, 1.165) is 19.4 Å². The van der Waals surface area contributed by atoms with E-state index in [2.05, 4.69) is 6.92 Å². The molecule has 3 nitrogen and oxygen atoms in total. The molecule has 0 fully saturated rings. The lowest BCUT2D eigenvalue weighted by Gasteiger charge is -2.03. The summed E-state index contributed by atoms with van der Waals surface area (Å²) in [6.07, 6.45) is 2.79. The second-order valence-corrected chi connectivity index (χ2v) is 2.35. The highest BCUT2D eigenvalue weighted by molar-refractivity contribution is 4.30. The molecule has 67 valence electrons. The standard InChI is InChI=1S/C8H17O3/c1-2-3-6-10-8-11-7-4-5-9/h2-8H2,1H3. The summed E-state index contributed by atoms with van der Waals surface area (Å²) in [6.45, 7) is 3.67. The van der Waals surface area contributed by atoms with Crippen molar-refractivity contribution in [2.75, 3.05) is 26.6 Å². The normalized spacial score (nSPS) is 10.4. The van der Waals surface area contributed by atoms with Crippen molar-refractivity contribution in [2.24, 2.45) is 0 Å². The molecule has 0 rings (SSSR count). The Morgan fingerprint density at radius 1 is 1.09 bits per heavy atom. The first kappa shape index (κ1) is 10.9. The van der Waals surface area contributed by atoms with Gasteiger partial charge in [0.05, 0.1) is 13.2 Å². The molecule has 0 saturated carbocycles. The summed E-state index contributed by atoms with van der Waals surface area (Å²) in [5.41, 5.74) is 0.